The Kier molecular flexibility index (Phi) is 6.54. The first kappa shape index (κ1) is 17.5. The molecule has 0 aromatic heterocycles. The second kappa shape index (κ2) is 7.47. The van der Waals surface area contributed by atoms with E-state index < -0.39 is 19.0 Å². The van der Waals surface area contributed by atoms with Gasteiger partial charge in [-0.25, -0.2) is 0 Å². The number of carbonyl (C=O) groups excluding carboxylic acids is 1. The molecule has 1 N–H and O–H groups in total. The van der Waals surface area contributed by atoms with Crippen LogP contribution >= 0.6 is 12.4 Å². The zero-order valence-corrected chi connectivity index (χ0v) is 12.1. The number of nitrogens with zero attached hydrogens (tertiary/aromatic N) is 2. The first-order valence-corrected chi connectivity index (χ1v) is 6.75. The average Bonchev–Trinajstić information content (AvgIpc) is 2.86. The lowest BCUT2D eigenvalue weighted by Crippen LogP contribution is -2.49. The molecule has 2 saturated heterocycles. The molecule has 1 unspecified atom stereocenters. The third-order valence-electron chi connectivity index (χ3n) is 3.81. The quantitative estimate of drug-likeness (QED) is 0.851. The molecule has 2 aliphatic rings. The molecule has 2 aliphatic heterocycles. The number of rotatable bonds is 3. The van der Waals surface area contributed by atoms with Crippen LogP contribution in [0.4, 0.5) is 13.2 Å². The van der Waals surface area contributed by atoms with Crippen LogP contribution in [-0.4, -0.2) is 67.2 Å². The third kappa shape index (κ3) is 5.10. The molecule has 2 heterocycles. The summed E-state index contributed by atoms with van der Waals surface area (Å²) in [4.78, 5) is 15.6. The van der Waals surface area contributed by atoms with Crippen molar-refractivity contribution in [2.75, 3.05) is 39.3 Å². The van der Waals surface area contributed by atoms with Gasteiger partial charge in [-0.3, -0.25) is 9.69 Å². The number of amides is 1. The Balaban J connectivity index is 0.00000200. The number of halogens is 4. The summed E-state index contributed by atoms with van der Waals surface area (Å²) in [5, 5.41) is 3.26. The van der Waals surface area contributed by atoms with Gasteiger partial charge in [-0.1, -0.05) is 0 Å². The van der Waals surface area contributed by atoms with Crippen molar-refractivity contribution in [3.63, 3.8) is 0 Å². The van der Waals surface area contributed by atoms with Gasteiger partial charge in [0.15, 0.2) is 0 Å². The Morgan fingerprint density at radius 1 is 1.20 bits per heavy atom. The van der Waals surface area contributed by atoms with Crippen molar-refractivity contribution in [2.45, 2.75) is 31.5 Å². The highest BCUT2D eigenvalue weighted by molar-refractivity contribution is 5.85. The molecule has 0 aliphatic carbocycles. The van der Waals surface area contributed by atoms with Gasteiger partial charge >= 0.3 is 6.18 Å². The van der Waals surface area contributed by atoms with Crippen molar-refractivity contribution in [2.24, 2.45) is 0 Å². The van der Waals surface area contributed by atoms with E-state index in [4.69, 9.17) is 0 Å². The molecular weight excluding hydrogens is 295 g/mol. The Bertz CT molecular complexity index is 322. The number of likely N-dealkylation sites (tertiary alicyclic amines) is 1. The Morgan fingerprint density at radius 3 is 2.45 bits per heavy atom. The summed E-state index contributed by atoms with van der Waals surface area (Å²) in [6.07, 6.45) is -4.80. The summed E-state index contributed by atoms with van der Waals surface area (Å²) in [6, 6.07) is 0.317. The minimum Gasteiger partial charge on any atom is -0.341 e. The van der Waals surface area contributed by atoms with E-state index in [1.54, 1.807) is 4.90 Å². The van der Waals surface area contributed by atoms with Crippen molar-refractivity contribution in [1.29, 1.82) is 0 Å². The topological polar surface area (TPSA) is 35.6 Å². The smallest absolute Gasteiger partial charge is 0.341 e. The minimum absolute atomic E-state index is 0. The first-order chi connectivity index (χ1) is 8.96. The molecule has 0 aromatic carbocycles. The number of hydrogen-bond donors (Lipinski definition) is 1. The maximum atomic E-state index is 12.1. The van der Waals surface area contributed by atoms with Crippen LogP contribution in [0.5, 0.6) is 0 Å². The standard InChI is InChI=1S/C12H20F3N3O.ClH/c13-12(14,15)3-1-11(19)18-6-2-10(9-18)17-7-4-16-5-8-17;/h10,16H,1-9H2;1H. The lowest BCUT2D eigenvalue weighted by molar-refractivity contribution is -0.148. The maximum absolute atomic E-state index is 12.1. The predicted octanol–water partition coefficient (Wildman–Crippen LogP) is 1.26. The van der Waals surface area contributed by atoms with E-state index in [0.29, 0.717) is 19.1 Å². The van der Waals surface area contributed by atoms with E-state index in [1.165, 1.54) is 0 Å². The lowest BCUT2D eigenvalue weighted by Gasteiger charge is -2.32. The van der Waals surface area contributed by atoms with Crippen LogP contribution in [0.1, 0.15) is 19.3 Å². The number of carbonyl (C=O) groups is 1. The number of nitrogens with one attached hydrogen (secondary N) is 1. The van der Waals surface area contributed by atoms with E-state index in [9.17, 15) is 18.0 Å². The van der Waals surface area contributed by atoms with Gasteiger partial charge in [0, 0.05) is 51.7 Å². The van der Waals surface area contributed by atoms with Gasteiger partial charge in [0.05, 0.1) is 6.42 Å². The van der Waals surface area contributed by atoms with Gasteiger partial charge < -0.3 is 10.2 Å². The average molecular weight is 316 g/mol. The van der Waals surface area contributed by atoms with Gasteiger partial charge in [-0.15, -0.1) is 12.4 Å². The molecule has 0 bridgehead atoms. The third-order valence-corrected chi connectivity index (χ3v) is 3.81. The second-order valence-corrected chi connectivity index (χ2v) is 5.18. The zero-order chi connectivity index (χ0) is 13.9. The Labute approximate surface area is 123 Å². The van der Waals surface area contributed by atoms with Crippen LogP contribution < -0.4 is 5.32 Å². The Morgan fingerprint density at radius 2 is 1.85 bits per heavy atom. The fourth-order valence-electron chi connectivity index (χ4n) is 2.72. The number of alkyl halides is 3. The van der Waals surface area contributed by atoms with Gasteiger partial charge in [0.25, 0.3) is 0 Å². The van der Waals surface area contributed by atoms with Crippen LogP contribution in [0.3, 0.4) is 0 Å². The van der Waals surface area contributed by atoms with Crippen molar-refractivity contribution < 1.29 is 18.0 Å². The van der Waals surface area contributed by atoms with E-state index in [2.05, 4.69) is 10.2 Å². The van der Waals surface area contributed by atoms with Gasteiger partial charge in [0.2, 0.25) is 5.91 Å². The summed E-state index contributed by atoms with van der Waals surface area (Å²) < 4.78 is 36.3. The van der Waals surface area contributed by atoms with Crippen molar-refractivity contribution >= 4 is 18.3 Å². The molecule has 4 nitrogen and oxygen atoms in total. The first-order valence-electron chi connectivity index (χ1n) is 6.75. The van der Waals surface area contributed by atoms with Gasteiger partial charge in [-0.05, 0) is 6.42 Å². The summed E-state index contributed by atoms with van der Waals surface area (Å²) in [5.41, 5.74) is 0. The molecule has 0 aromatic rings. The SMILES string of the molecule is Cl.O=C(CCC(F)(F)F)N1CCC(N2CCNCC2)C1. The van der Waals surface area contributed by atoms with Crippen molar-refractivity contribution in [3.05, 3.63) is 0 Å². The van der Waals surface area contributed by atoms with E-state index in [1.807, 2.05) is 0 Å². The molecule has 118 valence electrons. The summed E-state index contributed by atoms with van der Waals surface area (Å²) in [5.74, 6) is -0.366. The fourth-order valence-corrected chi connectivity index (χ4v) is 2.72. The fraction of sp³-hybridized carbons (Fsp3) is 0.917. The number of piperazine rings is 1. The minimum atomic E-state index is -4.24. The van der Waals surface area contributed by atoms with Crippen LogP contribution in [0.2, 0.25) is 0 Å². The molecule has 0 spiro atoms. The summed E-state index contributed by atoms with van der Waals surface area (Å²) >= 11 is 0. The van der Waals surface area contributed by atoms with Crippen molar-refractivity contribution in [3.8, 4) is 0 Å². The van der Waals surface area contributed by atoms with E-state index in [-0.39, 0.29) is 18.3 Å². The van der Waals surface area contributed by atoms with E-state index >= 15 is 0 Å². The van der Waals surface area contributed by atoms with Gasteiger partial charge in [0.1, 0.15) is 0 Å². The molecule has 0 radical (unpaired) electrons. The normalized spacial score (nSPS) is 24.6. The summed E-state index contributed by atoms with van der Waals surface area (Å²) in [7, 11) is 0. The van der Waals surface area contributed by atoms with Gasteiger partial charge in [-0.2, -0.15) is 13.2 Å². The molecule has 0 saturated carbocycles. The summed E-state index contributed by atoms with van der Waals surface area (Å²) in [6.45, 7) is 4.96. The van der Waals surface area contributed by atoms with Crippen LogP contribution in [0.25, 0.3) is 0 Å². The molecule has 2 rings (SSSR count). The van der Waals surface area contributed by atoms with Crippen molar-refractivity contribution in [1.82, 2.24) is 15.1 Å². The Hall–Kier alpha value is -0.530. The number of hydrogen-bond acceptors (Lipinski definition) is 3. The zero-order valence-electron chi connectivity index (χ0n) is 11.3. The largest absolute Gasteiger partial charge is 0.389 e. The van der Waals surface area contributed by atoms with Crippen LogP contribution in [0.15, 0.2) is 0 Å². The molecule has 8 heteroatoms. The molecule has 2 fully saturated rings. The molecular formula is C12H21ClF3N3O. The van der Waals surface area contributed by atoms with Crippen LogP contribution in [0, 0.1) is 0 Å². The highest BCUT2D eigenvalue weighted by Gasteiger charge is 2.33. The maximum Gasteiger partial charge on any atom is 0.389 e. The molecule has 20 heavy (non-hydrogen) atoms. The molecule has 1 atom stereocenters. The lowest BCUT2D eigenvalue weighted by atomic mass is 10.2. The predicted molar refractivity (Wildman–Crippen MR) is 72.0 cm³/mol. The van der Waals surface area contributed by atoms with E-state index in [0.717, 1.165) is 32.6 Å². The second-order valence-electron chi connectivity index (χ2n) is 5.18. The molecule has 1 amide bonds. The monoisotopic (exact) mass is 315 g/mol. The van der Waals surface area contributed by atoms with Crippen LogP contribution in [-0.2, 0) is 4.79 Å². The highest BCUT2D eigenvalue weighted by Crippen LogP contribution is 2.23. The highest BCUT2D eigenvalue weighted by atomic mass is 35.5.